The molecule has 1 N–H and O–H groups in total. The molecule has 0 aliphatic heterocycles. The summed E-state index contributed by atoms with van der Waals surface area (Å²) in [6.45, 7) is 2.88. The summed E-state index contributed by atoms with van der Waals surface area (Å²) in [6.07, 6.45) is 19.5. The molecule has 0 atom stereocenters. The van der Waals surface area contributed by atoms with Crippen molar-refractivity contribution >= 4 is 5.97 Å². The van der Waals surface area contributed by atoms with E-state index in [1.165, 1.54) is 77.0 Å². The standard InChI is InChI=1S/C20H40O3/c1-2-3-4-5-6-7-8-9-10-11-12-13-14-15-19-23-20(22)17-16-18-21/h21H,2-19H2,1H3. The molecule has 3 nitrogen and oxygen atoms in total. The van der Waals surface area contributed by atoms with Crippen molar-refractivity contribution in [1.29, 1.82) is 0 Å². The molecule has 0 aromatic rings. The molecule has 0 saturated heterocycles. The van der Waals surface area contributed by atoms with E-state index >= 15 is 0 Å². The highest BCUT2D eigenvalue weighted by atomic mass is 16.5. The Morgan fingerprint density at radius 3 is 1.57 bits per heavy atom. The van der Waals surface area contributed by atoms with Gasteiger partial charge in [0.05, 0.1) is 6.61 Å². The molecule has 138 valence electrons. The zero-order chi connectivity index (χ0) is 17.0. The van der Waals surface area contributed by atoms with E-state index in [4.69, 9.17) is 9.84 Å². The van der Waals surface area contributed by atoms with Crippen molar-refractivity contribution in [3.8, 4) is 0 Å². The highest BCUT2D eigenvalue weighted by Gasteiger charge is 2.01. The molecule has 0 aliphatic rings. The number of carbonyl (C=O) groups excluding carboxylic acids is 1. The number of hydrogen-bond acceptors (Lipinski definition) is 3. The monoisotopic (exact) mass is 328 g/mol. The van der Waals surface area contributed by atoms with Crippen LogP contribution in [0, 0.1) is 0 Å². The van der Waals surface area contributed by atoms with Crippen LogP contribution in [0.25, 0.3) is 0 Å². The van der Waals surface area contributed by atoms with Gasteiger partial charge in [-0.25, -0.2) is 0 Å². The number of aliphatic hydroxyl groups is 1. The van der Waals surface area contributed by atoms with Gasteiger partial charge in [0, 0.05) is 13.0 Å². The predicted molar refractivity (Wildman–Crippen MR) is 97.6 cm³/mol. The molecule has 0 aromatic heterocycles. The summed E-state index contributed by atoms with van der Waals surface area (Å²) < 4.78 is 5.10. The lowest BCUT2D eigenvalue weighted by atomic mass is 10.0. The number of aliphatic hydroxyl groups excluding tert-OH is 1. The van der Waals surface area contributed by atoms with E-state index in [9.17, 15) is 4.79 Å². The molecule has 0 radical (unpaired) electrons. The van der Waals surface area contributed by atoms with E-state index < -0.39 is 0 Å². The average Bonchev–Trinajstić information content (AvgIpc) is 2.56. The van der Waals surface area contributed by atoms with Crippen molar-refractivity contribution < 1.29 is 14.6 Å². The van der Waals surface area contributed by atoms with Crippen LogP contribution < -0.4 is 0 Å². The van der Waals surface area contributed by atoms with Gasteiger partial charge >= 0.3 is 5.97 Å². The van der Waals surface area contributed by atoms with Crippen molar-refractivity contribution in [2.45, 2.75) is 110 Å². The van der Waals surface area contributed by atoms with E-state index in [1.807, 2.05) is 0 Å². The summed E-state index contributed by atoms with van der Waals surface area (Å²) in [6, 6.07) is 0. The Hall–Kier alpha value is -0.570. The maximum absolute atomic E-state index is 11.2. The Bertz CT molecular complexity index is 241. The highest BCUT2D eigenvalue weighted by Crippen LogP contribution is 2.12. The topological polar surface area (TPSA) is 46.5 Å². The first-order chi connectivity index (χ1) is 11.3. The molecule has 0 rings (SSSR count). The van der Waals surface area contributed by atoms with E-state index in [-0.39, 0.29) is 12.6 Å². The SMILES string of the molecule is CCCCCCCCCCCCCCCCOC(=O)CCCO. The second kappa shape index (κ2) is 19.5. The van der Waals surface area contributed by atoms with E-state index in [0.29, 0.717) is 19.4 Å². The largest absolute Gasteiger partial charge is 0.466 e. The molecule has 23 heavy (non-hydrogen) atoms. The molecule has 0 unspecified atom stereocenters. The van der Waals surface area contributed by atoms with Crippen LogP contribution in [0.1, 0.15) is 110 Å². The summed E-state index contributed by atoms with van der Waals surface area (Å²) >= 11 is 0. The van der Waals surface area contributed by atoms with Gasteiger partial charge in [-0.3, -0.25) is 4.79 Å². The first-order valence-corrected chi connectivity index (χ1v) is 10.1. The maximum Gasteiger partial charge on any atom is 0.305 e. The molecular weight excluding hydrogens is 288 g/mol. The van der Waals surface area contributed by atoms with Crippen molar-refractivity contribution in [1.82, 2.24) is 0 Å². The van der Waals surface area contributed by atoms with Gasteiger partial charge in [-0.15, -0.1) is 0 Å². The van der Waals surface area contributed by atoms with Gasteiger partial charge in [0.15, 0.2) is 0 Å². The zero-order valence-electron chi connectivity index (χ0n) is 15.5. The average molecular weight is 329 g/mol. The molecule has 3 heteroatoms. The summed E-state index contributed by atoms with van der Waals surface area (Å²) in [4.78, 5) is 11.2. The van der Waals surface area contributed by atoms with Gasteiger partial charge in [-0.05, 0) is 12.8 Å². The van der Waals surface area contributed by atoms with E-state index in [1.54, 1.807) is 0 Å². The van der Waals surface area contributed by atoms with Gasteiger partial charge in [0.1, 0.15) is 0 Å². The van der Waals surface area contributed by atoms with Gasteiger partial charge in [0.2, 0.25) is 0 Å². The number of carbonyl (C=O) groups is 1. The third-order valence-electron chi connectivity index (χ3n) is 4.30. The Labute approximate surface area is 144 Å². The highest BCUT2D eigenvalue weighted by molar-refractivity contribution is 5.69. The fourth-order valence-corrected chi connectivity index (χ4v) is 2.78. The number of esters is 1. The third kappa shape index (κ3) is 19.4. The molecule has 0 saturated carbocycles. The Morgan fingerprint density at radius 2 is 1.13 bits per heavy atom. The lowest BCUT2D eigenvalue weighted by molar-refractivity contribution is -0.144. The van der Waals surface area contributed by atoms with E-state index in [2.05, 4.69) is 6.92 Å². The summed E-state index contributed by atoms with van der Waals surface area (Å²) in [5.41, 5.74) is 0. The van der Waals surface area contributed by atoms with Gasteiger partial charge in [-0.1, -0.05) is 90.4 Å². The third-order valence-corrected chi connectivity index (χ3v) is 4.30. The summed E-state index contributed by atoms with van der Waals surface area (Å²) in [5.74, 6) is -0.172. The minimum Gasteiger partial charge on any atom is -0.466 e. The molecule has 0 aliphatic carbocycles. The Balaban J connectivity index is 3.04. The lowest BCUT2D eigenvalue weighted by Gasteiger charge is -2.05. The van der Waals surface area contributed by atoms with Gasteiger partial charge < -0.3 is 9.84 Å². The number of ether oxygens (including phenoxy) is 1. The van der Waals surface area contributed by atoms with Crippen molar-refractivity contribution in [3.63, 3.8) is 0 Å². The van der Waals surface area contributed by atoms with Crippen molar-refractivity contribution in [2.24, 2.45) is 0 Å². The van der Waals surface area contributed by atoms with E-state index in [0.717, 1.165) is 12.8 Å². The summed E-state index contributed by atoms with van der Waals surface area (Å²) in [7, 11) is 0. The zero-order valence-corrected chi connectivity index (χ0v) is 15.5. The van der Waals surface area contributed by atoms with Gasteiger partial charge in [0.25, 0.3) is 0 Å². The number of rotatable bonds is 18. The maximum atomic E-state index is 11.2. The van der Waals surface area contributed by atoms with Crippen molar-refractivity contribution in [2.75, 3.05) is 13.2 Å². The van der Waals surface area contributed by atoms with Crippen LogP contribution >= 0.6 is 0 Å². The molecular formula is C20H40O3. The van der Waals surface area contributed by atoms with Crippen LogP contribution in [-0.4, -0.2) is 24.3 Å². The smallest absolute Gasteiger partial charge is 0.305 e. The van der Waals surface area contributed by atoms with Crippen LogP contribution in [-0.2, 0) is 9.53 Å². The summed E-state index contributed by atoms with van der Waals surface area (Å²) in [5, 5.41) is 8.61. The van der Waals surface area contributed by atoms with Gasteiger partial charge in [-0.2, -0.15) is 0 Å². The van der Waals surface area contributed by atoms with Crippen LogP contribution in [0.5, 0.6) is 0 Å². The predicted octanol–water partition coefficient (Wildman–Crippen LogP) is 5.78. The molecule has 0 amide bonds. The van der Waals surface area contributed by atoms with Crippen LogP contribution in [0.3, 0.4) is 0 Å². The first kappa shape index (κ1) is 22.4. The molecule has 0 spiro atoms. The normalized spacial score (nSPS) is 10.9. The first-order valence-electron chi connectivity index (χ1n) is 10.1. The minimum absolute atomic E-state index is 0.0634. The van der Waals surface area contributed by atoms with Crippen LogP contribution in [0.4, 0.5) is 0 Å². The minimum atomic E-state index is -0.172. The molecule has 0 heterocycles. The fourth-order valence-electron chi connectivity index (χ4n) is 2.78. The lowest BCUT2D eigenvalue weighted by Crippen LogP contribution is -2.06. The number of unbranched alkanes of at least 4 members (excludes halogenated alkanes) is 13. The molecule has 0 fully saturated rings. The second-order valence-electron chi connectivity index (χ2n) is 6.64. The van der Waals surface area contributed by atoms with Crippen molar-refractivity contribution in [3.05, 3.63) is 0 Å². The fraction of sp³-hybridized carbons (Fsp3) is 0.950. The quantitative estimate of drug-likeness (QED) is 0.256. The second-order valence-corrected chi connectivity index (χ2v) is 6.64. The van der Waals surface area contributed by atoms with Crippen LogP contribution in [0.2, 0.25) is 0 Å². The molecule has 0 aromatic carbocycles. The number of hydrogen-bond donors (Lipinski definition) is 1. The Morgan fingerprint density at radius 1 is 0.696 bits per heavy atom. The molecule has 0 bridgehead atoms. The van der Waals surface area contributed by atoms with Crippen LogP contribution in [0.15, 0.2) is 0 Å². The Kier molecular flexibility index (Phi) is 19.0.